The second-order valence-corrected chi connectivity index (χ2v) is 5.80. The third-order valence-electron chi connectivity index (χ3n) is 2.72. The molecule has 2 atom stereocenters. The van der Waals surface area contributed by atoms with Crippen LogP contribution in [0.1, 0.15) is 11.5 Å². The minimum absolute atomic E-state index is 0.00598. The molecule has 0 nitrogen and oxygen atoms in total. The van der Waals surface area contributed by atoms with Gasteiger partial charge < -0.3 is 0 Å². The standard InChI is InChI=1S/C9H5F4.BF3.K/c10-7-2-1-5(3-8(7)11)6-4-9(6,12)13;2-1(3)4;/h1-4,6H;;. The average molecular weight is 296 g/mol. The van der Waals surface area contributed by atoms with Gasteiger partial charge in [0.1, 0.15) is 0 Å². The third-order valence-corrected chi connectivity index (χ3v) is 4.96. The van der Waals surface area contributed by atoms with E-state index in [2.05, 4.69) is 0 Å². The number of hydrogen-bond acceptors (Lipinski definition) is 0. The van der Waals surface area contributed by atoms with E-state index in [4.69, 9.17) is 0 Å². The Bertz CT molecular complexity index is 423. The molecule has 2 unspecified atom stereocenters. The van der Waals surface area contributed by atoms with Gasteiger partial charge in [0.15, 0.2) is 0 Å². The zero-order chi connectivity index (χ0) is 14.1. The normalized spacial score (nSPS) is 24.1. The number of alkyl halides is 2. The molecule has 0 bridgehead atoms. The fourth-order valence-electron chi connectivity index (χ4n) is 1.70. The Morgan fingerprint density at radius 2 is 1.50 bits per heavy atom. The topological polar surface area (TPSA) is 0 Å². The van der Waals surface area contributed by atoms with Gasteiger partial charge in [-0.1, -0.05) is 0 Å². The van der Waals surface area contributed by atoms with Crippen molar-refractivity contribution in [2.45, 2.75) is 11.9 Å². The van der Waals surface area contributed by atoms with E-state index in [0.29, 0.717) is 0 Å². The number of hydrogen-bond donors (Lipinski definition) is 0. The van der Waals surface area contributed by atoms with Crippen LogP contribution in [0.5, 0.6) is 0 Å². The average Bonchev–Trinajstić information content (AvgIpc) is 2.70. The van der Waals surface area contributed by atoms with E-state index in [-0.39, 0.29) is 54.5 Å². The van der Waals surface area contributed by atoms with Crippen LogP contribution < -0.4 is 0 Å². The van der Waals surface area contributed by atoms with E-state index in [1.165, 1.54) is 6.07 Å². The first kappa shape index (κ1) is 16.5. The van der Waals surface area contributed by atoms with Crippen molar-refractivity contribution in [2.75, 3.05) is 0 Å². The molecule has 0 saturated heterocycles. The first-order valence-corrected chi connectivity index (χ1v) is 6.73. The van der Waals surface area contributed by atoms with Crippen LogP contribution in [0.25, 0.3) is 0 Å². The number of benzene rings is 1. The van der Waals surface area contributed by atoms with Crippen molar-refractivity contribution in [2.24, 2.45) is 0 Å². The maximum atomic E-state index is 12.9. The van der Waals surface area contributed by atoms with E-state index in [1.54, 1.807) is 0 Å². The third kappa shape index (κ3) is 3.96. The second kappa shape index (κ2) is 6.25. The molecule has 1 aromatic rings. The quantitative estimate of drug-likeness (QED) is 0.549. The summed E-state index contributed by atoms with van der Waals surface area (Å²) < 4.78 is 79.5. The molecule has 1 fully saturated rings. The van der Waals surface area contributed by atoms with E-state index in [1.807, 2.05) is 0 Å². The summed E-state index contributed by atoms with van der Waals surface area (Å²) in [5.41, 5.74) is 0.215. The second-order valence-electron chi connectivity index (χ2n) is 3.86. The molecule has 94 valence electrons. The van der Waals surface area contributed by atoms with Gasteiger partial charge >= 0.3 is 121 Å². The SMILES string of the molecule is FB(F)F.Fc1ccc(C2[CH]([K])C2(F)F)cc1F. The number of halogens is 7. The molecule has 0 aromatic heterocycles. The molecule has 1 aliphatic carbocycles. The van der Waals surface area contributed by atoms with Crippen LogP contribution in [0.15, 0.2) is 18.2 Å². The van der Waals surface area contributed by atoms with Crippen LogP contribution in [-0.2, 0) is 0 Å². The monoisotopic (exact) mass is 296 g/mol. The fourth-order valence-corrected chi connectivity index (χ4v) is 3.25. The van der Waals surface area contributed by atoms with Gasteiger partial charge in [0.25, 0.3) is 0 Å². The Morgan fingerprint density at radius 3 is 1.83 bits per heavy atom. The van der Waals surface area contributed by atoms with Crippen LogP contribution in [0.3, 0.4) is 0 Å². The zero-order valence-electron chi connectivity index (χ0n) is 9.11. The fraction of sp³-hybridized carbons (Fsp3) is 0.333. The molecular formula is C9H5BF7K. The Balaban J connectivity index is 0.000000357. The molecule has 0 heterocycles. The summed E-state index contributed by atoms with van der Waals surface area (Å²) in [7, 11) is -3.67. The molecule has 0 radical (unpaired) electrons. The van der Waals surface area contributed by atoms with Crippen LogP contribution in [0.2, 0.25) is 0.0125 Å². The van der Waals surface area contributed by atoms with Crippen molar-refractivity contribution in [3.63, 3.8) is 0 Å². The summed E-state index contributed by atoms with van der Waals surface area (Å²) in [6.07, 6.45) is 0. The van der Waals surface area contributed by atoms with Crippen molar-refractivity contribution in [3.05, 3.63) is 35.4 Å². The molecule has 1 aromatic carbocycles. The van der Waals surface area contributed by atoms with Crippen LogP contribution in [-0.4, -0.2) is 62.4 Å². The Kier molecular flexibility index (Phi) is 5.73. The van der Waals surface area contributed by atoms with E-state index in [0.717, 1.165) is 12.1 Å². The zero-order valence-corrected chi connectivity index (χ0v) is 12.2. The summed E-state index contributed by atoms with van der Waals surface area (Å²) in [5, 5.41) is 0. The van der Waals surface area contributed by atoms with Crippen molar-refractivity contribution >= 4 is 56.5 Å². The molecule has 0 spiro atoms. The Hall–Kier alpha value is 0.431. The molecule has 1 aliphatic rings. The molecular weight excluding hydrogens is 291 g/mol. The van der Waals surface area contributed by atoms with E-state index < -0.39 is 31.0 Å². The molecule has 0 amide bonds. The first-order valence-electron chi connectivity index (χ1n) is 4.93. The van der Waals surface area contributed by atoms with Gasteiger partial charge in [0.05, 0.1) is 0 Å². The van der Waals surface area contributed by atoms with Gasteiger partial charge in [0, 0.05) is 0 Å². The summed E-state index contributed by atoms with van der Waals surface area (Å²) in [5.74, 6) is -5.61. The predicted molar refractivity (Wildman–Crippen MR) is 52.6 cm³/mol. The summed E-state index contributed by atoms with van der Waals surface area (Å²) in [4.78, 5) is 0. The summed E-state index contributed by atoms with van der Waals surface area (Å²) >= 11 is 0.00598. The van der Waals surface area contributed by atoms with Gasteiger partial charge in [-0.05, 0) is 0 Å². The molecule has 18 heavy (non-hydrogen) atoms. The van der Waals surface area contributed by atoms with Crippen molar-refractivity contribution in [1.82, 2.24) is 0 Å². The van der Waals surface area contributed by atoms with Crippen molar-refractivity contribution in [1.29, 1.82) is 0 Å². The van der Waals surface area contributed by atoms with Crippen LogP contribution in [0.4, 0.5) is 30.5 Å². The van der Waals surface area contributed by atoms with E-state index >= 15 is 0 Å². The predicted octanol–water partition coefficient (Wildman–Crippen LogP) is 3.53. The van der Waals surface area contributed by atoms with Gasteiger partial charge in [-0.3, -0.25) is 12.9 Å². The van der Waals surface area contributed by atoms with Gasteiger partial charge in [0.2, 0.25) is 0 Å². The van der Waals surface area contributed by atoms with Crippen LogP contribution >= 0.6 is 0 Å². The summed E-state index contributed by atoms with van der Waals surface area (Å²) in [6, 6.07) is 3.02. The van der Waals surface area contributed by atoms with Crippen molar-refractivity contribution < 1.29 is 30.5 Å². The summed E-state index contributed by atoms with van der Waals surface area (Å²) in [6.45, 7) is 0. The van der Waals surface area contributed by atoms with E-state index in [9.17, 15) is 30.5 Å². The van der Waals surface area contributed by atoms with Crippen molar-refractivity contribution in [3.8, 4) is 0 Å². The molecule has 9 heteroatoms. The molecule has 2 rings (SSSR count). The Labute approximate surface area is 133 Å². The number of rotatable bonds is 1. The minimum atomic E-state index is -3.67. The van der Waals surface area contributed by atoms with Crippen LogP contribution in [0, 0.1) is 11.6 Å². The molecule has 0 aliphatic heterocycles. The first-order chi connectivity index (χ1) is 8.17. The maximum absolute atomic E-state index is 12.9. The Morgan fingerprint density at radius 1 is 1.06 bits per heavy atom. The van der Waals surface area contributed by atoms with Gasteiger partial charge in [-0.25, -0.2) is 0 Å². The molecule has 1 saturated carbocycles. The molecule has 0 N–H and O–H groups in total. The van der Waals surface area contributed by atoms with Gasteiger partial charge in [-0.15, -0.1) is 0 Å². The van der Waals surface area contributed by atoms with Gasteiger partial charge in [-0.2, -0.15) is 0 Å².